The zero-order valence-electron chi connectivity index (χ0n) is 23.8. The zero-order chi connectivity index (χ0) is 28.7. The molecule has 3 unspecified atom stereocenters. The molecular formula is C30H42N2O7S. The van der Waals surface area contributed by atoms with E-state index in [2.05, 4.69) is 11.8 Å². The topological polar surface area (TPSA) is 106 Å². The molecule has 3 atom stereocenters. The van der Waals surface area contributed by atoms with E-state index in [1.165, 1.54) is 0 Å². The Hall–Kier alpha value is -2.82. The maximum Gasteiger partial charge on any atom is 0.309 e. The van der Waals surface area contributed by atoms with Crippen molar-refractivity contribution < 1.29 is 32.5 Å². The molecule has 0 spiro atoms. The Morgan fingerprint density at radius 3 is 2.40 bits per heavy atom. The highest BCUT2D eigenvalue weighted by Crippen LogP contribution is 2.47. The Morgan fingerprint density at radius 2 is 1.73 bits per heavy atom. The lowest BCUT2D eigenvalue weighted by Crippen LogP contribution is -2.37. The number of rotatable bonds is 15. The van der Waals surface area contributed by atoms with Crippen molar-refractivity contribution in [1.29, 1.82) is 0 Å². The number of carboxylic acids is 1. The van der Waals surface area contributed by atoms with Gasteiger partial charge in [-0.3, -0.25) is 9.69 Å². The van der Waals surface area contributed by atoms with Crippen LogP contribution in [-0.2, 0) is 14.8 Å². The highest BCUT2D eigenvalue weighted by atomic mass is 32.2. The molecule has 9 nitrogen and oxygen atoms in total. The van der Waals surface area contributed by atoms with Gasteiger partial charge in [-0.05, 0) is 54.7 Å². The maximum atomic E-state index is 13.0. The van der Waals surface area contributed by atoms with Crippen LogP contribution in [-0.4, -0.2) is 74.5 Å². The summed E-state index contributed by atoms with van der Waals surface area (Å²) in [6, 6.07) is 12.8. The lowest BCUT2D eigenvalue weighted by Gasteiger charge is -2.28. The van der Waals surface area contributed by atoms with E-state index >= 15 is 0 Å². The molecule has 2 aromatic rings. The molecule has 4 rings (SSSR count). The van der Waals surface area contributed by atoms with Crippen molar-refractivity contribution in [3.05, 3.63) is 53.6 Å². The van der Waals surface area contributed by atoms with Gasteiger partial charge in [-0.1, -0.05) is 44.9 Å². The van der Waals surface area contributed by atoms with Crippen LogP contribution in [0.15, 0.2) is 42.5 Å². The lowest BCUT2D eigenvalue weighted by molar-refractivity contribution is -0.143. The standard InChI is InChI=1S/C30H42N2O7S/c1-4-6-7-18-40(35,36)32(15-5-2)17-8-16-31-20-25(23-11-14-26-27(19-23)39-21-38-26)28(30(33)34)29(31)22-9-12-24(37-3)13-10-22/h9-14,19,25,28-29H,4-8,15-18,20-21H2,1-3H3,(H,33,34). The minimum atomic E-state index is -3.33. The predicted octanol–water partition coefficient (Wildman–Crippen LogP) is 4.89. The quantitative estimate of drug-likeness (QED) is 0.300. The second kappa shape index (κ2) is 13.7. The van der Waals surface area contributed by atoms with Crippen LogP contribution in [0.3, 0.4) is 0 Å². The van der Waals surface area contributed by atoms with E-state index in [-0.39, 0.29) is 24.5 Å². The third kappa shape index (κ3) is 6.90. The van der Waals surface area contributed by atoms with E-state index < -0.39 is 21.9 Å². The summed E-state index contributed by atoms with van der Waals surface area (Å²) in [7, 11) is -1.73. The molecule has 0 amide bonds. The molecule has 2 aliphatic rings. The van der Waals surface area contributed by atoms with Crippen LogP contribution < -0.4 is 14.2 Å². The Balaban J connectivity index is 1.57. The van der Waals surface area contributed by atoms with Crippen LogP contribution in [0.1, 0.15) is 69.0 Å². The van der Waals surface area contributed by atoms with Gasteiger partial charge in [-0.2, -0.15) is 0 Å². The number of hydrogen-bond donors (Lipinski definition) is 1. The average molecular weight is 575 g/mol. The molecule has 220 valence electrons. The van der Waals surface area contributed by atoms with Gasteiger partial charge in [-0.25, -0.2) is 12.7 Å². The van der Waals surface area contributed by atoms with Crippen molar-refractivity contribution in [2.45, 2.75) is 57.9 Å². The van der Waals surface area contributed by atoms with E-state index in [1.807, 2.05) is 49.4 Å². The van der Waals surface area contributed by atoms with Crippen LogP contribution in [0.4, 0.5) is 0 Å². The van der Waals surface area contributed by atoms with E-state index in [9.17, 15) is 18.3 Å². The molecule has 40 heavy (non-hydrogen) atoms. The first-order valence-corrected chi connectivity index (χ1v) is 15.9. The lowest BCUT2D eigenvalue weighted by atomic mass is 9.82. The summed E-state index contributed by atoms with van der Waals surface area (Å²) in [5.74, 6) is 0.333. The van der Waals surface area contributed by atoms with Crippen molar-refractivity contribution in [1.82, 2.24) is 9.21 Å². The summed E-state index contributed by atoms with van der Waals surface area (Å²) in [4.78, 5) is 15.0. The minimum absolute atomic E-state index is 0.155. The number of fused-ring (bicyclic) bond motifs is 1. The third-order valence-electron chi connectivity index (χ3n) is 7.89. The Kier molecular flexibility index (Phi) is 10.3. The van der Waals surface area contributed by atoms with E-state index in [4.69, 9.17) is 14.2 Å². The molecule has 2 aromatic carbocycles. The van der Waals surface area contributed by atoms with E-state index in [0.717, 1.165) is 30.4 Å². The highest BCUT2D eigenvalue weighted by Gasteiger charge is 2.47. The summed E-state index contributed by atoms with van der Waals surface area (Å²) in [6.45, 7) is 6.22. The number of benzene rings is 2. The van der Waals surface area contributed by atoms with Crippen LogP contribution in [0.5, 0.6) is 17.2 Å². The van der Waals surface area contributed by atoms with Crippen molar-refractivity contribution in [2.75, 3.05) is 45.8 Å². The fraction of sp³-hybridized carbons (Fsp3) is 0.567. The van der Waals surface area contributed by atoms with Crippen molar-refractivity contribution in [3.63, 3.8) is 0 Å². The summed E-state index contributed by atoms with van der Waals surface area (Å²) >= 11 is 0. The fourth-order valence-electron chi connectivity index (χ4n) is 5.89. The summed E-state index contributed by atoms with van der Waals surface area (Å²) in [5.41, 5.74) is 1.79. The molecule has 1 fully saturated rings. The second-order valence-corrected chi connectivity index (χ2v) is 12.7. The van der Waals surface area contributed by atoms with Gasteiger partial charge in [0.05, 0.1) is 18.8 Å². The largest absolute Gasteiger partial charge is 0.497 e. The monoisotopic (exact) mass is 574 g/mol. The minimum Gasteiger partial charge on any atom is -0.497 e. The van der Waals surface area contributed by atoms with Gasteiger partial charge >= 0.3 is 5.97 Å². The summed E-state index contributed by atoms with van der Waals surface area (Å²) in [5, 5.41) is 10.5. The molecule has 10 heteroatoms. The molecule has 0 saturated carbocycles. The number of ether oxygens (including phenoxy) is 3. The van der Waals surface area contributed by atoms with Gasteiger partial charge in [0.15, 0.2) is 11.5 Å². The van der Waals surface area contributed by atoms with E-state index in [1.54, 1.807) is 11.4 Å². The molecular weight excluding hydrogens is 532 g/mol. The van der Waals surface area contributed by atoms with Crippen molar-refractivity contribution in [3.8, 4) is 17.2 Å². The van der Waals surface area contributed by atoms with Gasteiger partial charge < -0.3 is 19.3 Å². The van der Waals surface area contributed by atoms with Crippen LogP contribution >= 0.6 is 0 Å². The normalized spacial score (nSPS) is 20.8. The third-order valence-corrected chi connectivity index (χ3v) is 9.85. The first kappa shape index (κ1) is 30.1. The van der Waals surface area contributed by atoms with Crippen molar-refractivity contribution >= 4 is 16.0 Å². The number of sulfonamides is 1. The molecule has 0 aliphatic carbocycles. The molecule has 0 bridgehead atoms. The number of unbranched alkanes of at least 4 members (excludes halogenated alkanes) is 2. The summed E-state index contributed by atoms with van der Waals surface area (Å²) in [6.07, 6.45) is 3.90. The summed E-state index contributed by atoms with van der Waals surface area (Å²) < 4.78 is 44.1. The SMILES string of the molecule is CCCCCS(=O)(=O)N(CCC)CCCN1CC(c2ccc3c(c2)OCO3)C(C(=O)O)C1c1ccc(OC)cc1. The predicted molar refractivity (Wildman–Crippen MR) is 154 cm³/mol. The number of nitrogens with zero attached hydrogens (tertiary/aromatic N) is 2. The molecule has 2 aliphatic heterocycles. The molecule has 0 radical (unpaired) electrons. The first-order chi connectivity index (χ1) is 19.3. The van der Waals surface area contributed by atoms with Gasteiger partial charge in [0.2, 0.25) is 16.8 Å². The van der Waals surface area contributed by atoms with Gasteiger partial charge in [0.1, 0.15) is 5.75 Å². The average Bonchev–Trinajstić information content (AvgIpc) is 3.57. The zero-order valence-corrected chi connectivity index (χ0v) is 24.6. The highest BCUT2D eigenvalue weighted by molar-refractivity contribution is 7.89. The number of likely N-dealkylation sites (tertiary alicyclic amines) is 1. The van der Waals surface area contributed by atoms with Gasteiger partial charge in [0, 0.05) is 38.1 Å². The maximum absolute atomic E-state index is 13.0. The number of methoxy groups -OCH3 is 1. The van der Waals surface area contributed by atoms with Gasteiger partial charge in [0.25, 0.3) is 0 Å². The number of aliphatic carboxylic acids is 1. The molecule has 2 heterocycles. The number of hydrogen-bond acceptors (Lipinski definition) is 7. The van der Waals surface area contributed by atoms with Crippen LogP contribution in [0.2, 0.25) is 0 Å². The molecule has 1 N–H and O–H groups in total. The molecule has 0 aromatic heterocycles. The van der Waals surface area contributed by atoms with Crippen LogP contribution in [0, 0.1) is 5.92 Å². The number of carbonyl (C=O) groups is 1. The van der Waals surface area contributed by atoms with Crippen molar-refractivity contribution in [2.24, 2.45) is 5.92 Å². The second-order valence-electron chi connectivity index (χ2n) is 10.6. The Morgan fingerprint density at radius 1 is 1.00 bits per heavy atom. The Bertz CT molecular complexity index is 1240. The Labute approximate surface area is 238 Å². The first-order valence-electron chi connectivity index (χ1n) is 14.3. The number of carboxylic acid groups (broad SMARTS) is 1. The molecule has 1 saturated heterocycles. The fourth-order valence-corrected chi connectivity index (χ4v) is 7.59. The van der Waals surface area contributed by atoms with E-state index in [0.29, 0.717) is 56.3 Å². The van der Waals surface area contributed by atoms with Crippen LogP contribution in [0.25, 0.3) is 0 Å². The van der Waals surface area contributed by atoms with Gasteiger partial charge in [-0.15, -0.1) is 0 Å². The smallest absolute Gasteiger partial charge is 0.309 e.